The Morgan fingerprint density at radius 1 is 1.17 bits per heavy atom. The van der Waals surface area contributed by atoms with Crippen molar-refractivity contribution in [2.24, 2.45) is 0 Å². The van der Waals surface area contributed by atoms with E-state index in [0.717, 1.165) is 21.3 Å². The smallest absolute Gasteiger partial charge is 0.173 e. The second-order valence-electron chi connectivity index (χ2n) is 5.39. The molecular weight excluding hydrogens is 336 g/mol. The van der Waals surface area contributed by atoms with Crippen LogP contribution in [0.15, 0.2) is 18.3 Å². The molecule has 1 saturated heterocycles. The molecule has 0 saturated carbocycles. The average molecular weight is 354 g/mol. The molecule has 3 heterocycles. The van der Waals surface area contributed by atoms with E-state index < -0.39 is 23.7 Å². The quantitative estimate of drug-likeness (QED) is 0.766. The SMILES string of the molecule is Cc1nc(C)c(-c2ccc(O[C@@H]3SC[C@@H](O)[C@H](O)[C@H]3O)cn2)s1. The number of hydrogen-bond acceptors (Lipinski definition) is 8. The summed E-state index contributed by atoms with van der Waals surface area (Å²) in [4.78, 5) is 9.81. The summed E-state index contributed by atoms with van der Waals surface area (Å²) < 4.78 is 5.68. The number of thioether (sulfide) groups is 1. The maximum absolute atomic E-state index is 9.96. The van der Waals surface area contributed by atoms with Gasteiger partial charge in [0.15, 0.2) is 5.44 Å². The van der Waals surface area contributed by atoms with Crippen LogP contribution in [0.1, 0.15) is 10.7 Å². The molecule has 3 N–H and O–H groups in total. The van der Waals surface area contributed by atoms with Crippen molar-refractivity contribution in [2.45, 2.75) is 37.6 Å². The Morgan fingerprint density at radius 2 is 1.96 bits per heavy atom. The predicted octanol–water partition coefficient (Wildman–Crippen LogP) is 1.36. The monoisotopic (exact) mass is 354 g/mol. The van der Waals surface area contributed by atoms with Crippen molar-refractivity contribution in [1.82, 2.24) is 9.97 Å². The molecule has 0 bridgehead atoms. The molecule has 1 aliphatic heterocycles. The van der Waals surface area contributed by atoms with Gasteiger partial charge in [-0.25, -0.2) is 4.98 Å². The van der Waals surface area contributed by atoms with Gasteiger partial charge < -0.3 is 20.1 Å². The van der Waals surface area contributed by atoms with Crippen molar-refractivity contribution in [1.29, 1.82) is 0 Å². The van der Waals surface area contributed by atoms with Crippen molar-refractivity contribution in [3.63, 3.8) is 0 Å². The minimum atomic E-state index is -1.20. The first kappa shape index (κ1) is 16.7. The lowest BCUT2D eigenvalue weighted by Gasteiger charge is -2.34. The van der Waals surface area contributed by atoms with Gasteiger partial charge >= 0.3 is 0 Å². The van der Waals surface area contributed by atoms with Crippen LogP contribution in [0, 0.1) is 13.8 Å². The van der Waals surface area contributed by atoms with Crippen LogP contribution in [-0.2, 0) is 0 Å². The van der Waals surface area contributed by atoms with Crippen LogP contribution >= 0.6 is 23.1 Å². The molecule has 0 unspecified atom stereocenters. The van der Waals surface area contributed by atoms with Crippen molar-refractivity contribution < 1.29 is 20.1 Å². The zero-order valence-corrected chi connectivity index (χ0v) is 14.3. The highest BCUT2D eigenvalue weighted by atomic mass is 32.2. The number of aliphatic hydroxyl groups excluding tert-OH is 3. The Kier molecular flexibility index (Phi) is 4.88. The molecule has 0 aromatic carbocycles. The zero-order chi connectivity index (χ0) is 16.6. The van der Waals surface area contributed by atoms with Gasteiger partial charge in [0, 0.05) is 5.75 Å². The van der Waals surface area contributed by atoms with Crippen molar-refractivity contribution >= 4 is 23.1 Å². The number of rotatable bonds is 3. The standard InChI is InChI=1S/C15H18N2O4S2/c1-7-14(23-8(2)17-7)10-4-3-9(5-16-10)21-15-13(20)12(19)11(18)6-22-15/h3-5,11-13,15,18-20H,6H2,1-2H3/t11-,12+,13-,15-/m1/s1. The van der Waals surface area contributed by atoms with E-state index in [4.69, 9.17) is 4.74 Å². The zero-order valence-electron chi connectivity index (χ0n) is 12.7. The Morgan fingerprint density at radius 3 is 2.57 bits per heavy atom. The maximum atomic E-state index is 9.96. The molecule has 1 aliphatic rings. The van der Waals surface area contributed by atoms with Gasteiger partial charge in [0.2, 0.25) is 0 Å². The van der Waals surface area contributed by atoms with Crippen LogP contribution in [0.2, 0.25) is 0 Å². The minimum Gasteiger partial charge on any atom is -0.475 e. The molecule has 6 nitrogen and oxygen atoms in total. The fourth-order valence-corrected chi connectivity index (χ4v) is 4.39. The average Bonchev–Trinajstić information content (AvgIpc) is 2.87. The summed E-state index contributed by atoms with van der Waals surface area (Å²) in [6, 6.07) is 3.63. The number of thiazole rings is 1. The Bertz CT molecular complexity index is 677. The molecule has 4 atom stereocenters. The lowest BCUT2D eigenvalue weighted by Crippen LogP contribution is -2.50. The number of aromatic nitrogens is 2. The van der Waals surface area contributed by atoms with E-state index in [9.17, 15) is 15.3 Å². The van der Waals surface area contributed by atoms with Gasteiger partial charge in [-0.2, -0.15) is 0 Å². The first-order valence-electron chi connectivity index (χ1n) is 7.18. The van der Waals surface area contributed by atoms with Crippen molar-refractivity contribution in [3.05, 3.63) is 29.0 Å². The molecule has 0 spiro atoms. The predicted molar refractivity (Wildman–Crippen MR) is 89.7 cm³/mol. The van der Waals surface area contributed by atoms with Gasteiger partial charge in [-0.1, -0.05) is 0 Å². The van der Waals surface area contributed by atoms with Gasteiger partial charge in [0.25, 0.3) is 0 Å². The summed E-state index contributed by atoms with van der Waals surface area (Å²) in [7, 11) is 0. The van der Waals surface area contributed by atoms with Crippen LogP contribution in [0.5, 0.6) is 5.75 Å². The van der Waals surface area contributed by atoms with E-state index in [-0.39, 0.29) is 0 Å². The molecule has 2 aromatic heterocycles. The molecule has 0 radical (unpaired) electrons. The van der Waals surface area contributed by atoms with Crippen LogP contribution in [0.3, 0.4) is 0 Å². The normalized spacial score (nSPS) is 27.9. The van der Waals surface area contributed by atoms with E-state index in [1.807, 2.05) is 19.9 Å². The van der Waals surface area contributed by atoms with Gasteiger partial charge in [0.1, 0.15) is 18.0 Å². The van der Waals surface area contributed by atoms with Crippen LogP contribution < -0.4 is 4.74 Å². The second-order valence-corrected chi connectivity index (χ2v) is 7.73. The largest absolute Gasteiger partial charge is 0.475 e. The fourth-order valence-electron chi connectivity index (χ4n) is 2.37. The van der Waals surface area contributed by atoms with Gasteiger partial charge in [0.05, 0.1) is 33.6 Å². The summed E-state index contributed by atoms with van der Waals surface area (Å²) in [5.74, 6) is 0.820. The lowest BCUT2D eigenvalue weighted by molar-refractivity contribution is -0.0786. The van der Waals surface area contributed by atoms with Crippen molar-refractivity contribution in [2.75, 3.05) is 5.75 Å². The molecule has 23 heavy (non-hydrogen) atoms. The second kappa shape index (κ2) is 6.74. The van der Waals surface area contributed by atoms with Crippen molar-refractivity contribution in [3.8, 4) is 16.3 Å². The summed E-state index contributed by atoms with van der Waals surface area (Å²) >= 11 is 2.86. The third-order valence-electron chi connectivity index (χ3n) is 3.58. The van der Waals surface area contributed by atoms with Gasteiger partial charge in [-0.15, -0.1) is 23.1 Å². The number of pyridine rings is 1. The lowest BCUT2D eigenvalue weighted by atomic mass is 10.1. The molecule has 8 heteroatoms. The van der Waals surface area contributed by atoms with Crippen LogP contribution in [0.4, 0.5) is 0 Å². The highest BCUT2D eigenvalue weighted by Crippen LogP contribution is 2.31. The number of hydrogen-bond donors (Lipinski definition) is 3. The van der Waals surface area contributed by atoms with E-state index >= 15 is 0 Å². The highest BCUT2D eigenvalue weighted by Gasteiger charge is 2.38. The minimum absolute atomic E-state index is 0.313. The molecule has 3 rings (SSSR count). The Balaban J connectivity index is 1.72. The summed E-state index contributed by atoms with van der Waals surface area (Å²) in [5.41, 5.74) is 1.14. The van der Waals surface area contributed by atoms with Crippen LogP contribution in [-0.4, -0.2) is 54.8 Å². The van der Waals surface area contributed by atoms with E-state index in [1.54, 1.807) is 23.6 Å². The number of aliphatic hydroxyl groups is 3. The number of aryl methyl sites for hydroxylation is 2. The summed E-state index contributed by atoms with van der Waals surface area (Å²) in [6.45, 7) is 3.91. The summed E-state index contributed by atoms with van der Waals surface area (Å²) in [6.07, 6.45) is -1.69. The topological polar surface area (TPSA) is 95.7 Å². The summed E-state index contributed by atoms with van der Waals surface area (Å²) in [5, 5.41) is 30.2. The first-order valence-corrected chi connectivity index (χ1v) is 9.05. The maximum Gasteiger partial charge on any atom is 0.173 e. The Labute approximate surface area is 142 Å². The third kappa shape index (κ3) is 3.51. The molecule has 0 amide bonds. The number of ether oxygens (including phenoxy) is 1. The number of nitrogens with zero attached hydrogens (tertiary/aromatic N) is 2. The Hall–Kier alpha value is -1.19. The molecule has 1 fully saturated rings. The van der Waals surface area contributed by atoms with E-state index in [1.165, 1.54) is 11.8 Å². The first-order chi connectivity index (χ1) is 11.0. The molecular formula is C15H18N2O4S2. The molecule has 124 valence electrons. The molecule has 0 aliphatic carbocycles. The van der Waals surface area contributed by atoms with Gasteiger partial charge in [-0.05, 0) is 26.0 Å². The fraction of sp³-hybridized carbons (Fsp3) is 0.467. The van der Waals surface area contributed by atoms with Gasteiger partial charge in [-0.3, -0.25) is 4.98 Å². The van der Waals surface area contributed by atoms with Crippen LogP contribution in [0.25, 0.3) is 10.6 Å². The van der Waals surface area contributed by atoms with E-state index in [2.05, 4.69) is 9.97 Å². The third-order valence-corrected chi connectivity index (χ3v) is 5.91. The van der Waals surface area contributed by atoms with E-state index in [0.29, 0.717) is 11.5 Å². The molecule has 2 aromatic rings. The highest BCUT2D eigenvalue weighted by molar-refractivity contribution is 7.99.